The molecule has 1 heterocycles. The number of hydrogen-bond donors (Lipinski definition) is 1. The van der Waals surface area contributed by atoms with Gasteiger partial charge in [-0.25, -0.2) is 0 Å². The maximum atomic E-state index is 12.3. The lowest BCUT2D eigenvalue weighted by Gasteiger charge is -2.11. The zero-order valence-corrected chi connectivity index (χ0v) is 10.7. The van der Waals surface area contributed by atoms with Crippen LogP contribution in [0.25, 0.3) is 0 Å². The van der Waals surface area contributed by atoms with Crippen LogP contribution in [0.5, 0.6) is 5.75 Å². The molecule has 3 nitrogen and oxygen atoms in total. The van der Waals surface area contributed by atoms with Crippen LogP contribution in [-0.2, 0) is 13.1 Å². The third-order valence-corrected chi connectivity index (χ3v) is 2.67. The van der Waals surface area contributed by atoms with Gasteiger partial charge in [-0.15, -0.1) is 0 Å². The molecule has 19 heavy (non-hydrogen) atoms. The zero-order chi connectivity index (χ0) is 13.7. The van der Waals surface area contributed by atoms with Crippen molar-refractivity contribution in [3.63, 3.8) is 0 Å². The van der Waals surface area contributed by atoms with E-state index in [1.165, 1.54) is 12.1 Å². The Hall–Kier alpha value is -1.59. The second kappa shape index (κ2) is 6.54. The molecule has 2 rings (SSSR count). The average molecular weight is 288 g/mol. The van der Waals surface area contributed by atoms with Crippen molar-refractivity contribution >= 4 is 11.6 Å². The fourth-order valence-corrected chi connectivity index (χ4v) is 1.83. The Morgan fingerprint density at radius 2 is 2.11 bits per heavy atom. The number of nitrogens with one attached hydrogen (secondary N) is 1. The molecule has 0 fully saturated rings. The van der Waals surface area contributed by atoms with E-state index in [2.05, 4.69) is 10.1 Å². The maximum absolute atomic E-state index is 12.3. The van der Waals surface area contributed by atoms with Crippen molar-refractivity contribution in [3.05, 3.63) is 52.9 Å². The van der Waals surface area contributed by atoms with Crippen molar-refractivity contribution in [2.75, 3.05) is 0 Å². The lowest BCUT2D eigenvalue weighted by Crippen LogP contribution is -2.14. The van der Waals surface area contributed by atoms with Gasteiger partial charge in [-0.1, -0.05) is 11.6 Å². The van der Waals surface area contributed by atoms with E-state index in [0.717, 1.165) is 5.76 Å². The summed E-state index contributed by atoms with van der Waals surface area (Å²) < 4.78 is 34.1. The number of benzene rings is 1. The summed E-state index contributed by atoms with van der Waals surface area (Å²) in [6.07, 6.45) is 1.57. The predicted octanol–water partition coefficient (Wildman–Crippen LogP) is 3.82. The van der Waals surface area contributed by atoms with Crippen LogP contribution < -0.4 is 10.1 Å². The van der Waals surface area contributed by atoms with Gasteiger partial charge >= 0.3 is 6.61 Å². The Kier molecular flexibility index (Phi) is 4.76. The molecule has 2 aromatic rings. The Balaban J connectivity index is 1.99. The topological polar surface area (TPSA) is 34.4 Å². The SMILES string of the molecule is FC(F)Oc1ccc(Cl)cc1CNCc1ccco1. The fourth-order valence-electron chi connectivity index (χ4n) is 1.63. The summed E-state index contributed by atoms with van der Waals surface area (Å²) in [7, 11) is 0. The molecule has 0 aliphatic heterocycles. The standard InChI is InChI=1S/C13H12ClF2NO2/c14-10-3-4-12(19-13(15)16)9(6-10)7-17-8-11-2-1-5-18-11/h1-6,13,17H,7-8H2. The van der Waals surface area contributed by atoms with Crippen LogP contribution >= 0.6 is 11.6 Å². The van der Waals surface area contributed by atoms with Crippen molar-refractivity contribution in [1.82, 2.24) is 5.32 Å². The molecule has 0 spiro atoms. The van der Waals surface area contributed by atoms with E-state index < -0.39 is 6.61 Å². The third-order valence-electron chi connectivity index (χ3n) is 2.43. The first-order valence-corrected chi connectivity index (χ1v) is 5.99. The lowest BCUT2D eigenvalue weighted by atomic mass is 10.2. The van der Waals surface area contributed by atoms with Crippen LogP contribution in [0, 0.1) is 0 Å². The normalized spacial score (nSPS) is 10.9. The van der Waals surface area contributed by atoms with Gasteiger partial charge in [0.05, 0.1) is 12.8 Å². The molecule has 6 heteroatoms. The molecule has 1 aromatic heterocycles. The first-order valence-electron chi connectivity index (χ1n) is 5.61. The lowest BCUT2D eigenvalue weighted by molar-refractivity contribution is -0.0505. The quantitative estimate of drug-likeness (QED) is 0.877. The summed E-state index contributed by atoms with van der Waals surface area (Å²) in [5.74, 6) is 0.879. The second-order valence-electron chi connectivity index (χ2n) is 3.81. The molecule has 0 saturated heterocycles. The number of alkyl halides is 2. The number of rotatable bonds is 6. The molecule has 1 N–H and O–H groups in total. The van der Waals surface area contributed by atoms with Crippen LogP contribution in [-0.4, -0.2) is 6.61 Å². The highest BCUT2D eigenvalue weighted by Crippen LogP contribution is 2.24. The highest BCUT2D eigenvalue weighted by Gasteiger charge is 2.10. The minimum absolute atomic E-state index is 0.117. The van der Waals surface area contributed by atoms with Crippen molar-refractivity contribution in [1.29, 1.82) is 0 Å². The molecular weight excluding hydrogens is 276 g/mol. The average Bonchev–Trinajstić information content (AvgIpc) is 2.85. The summed E-state index contributed by atoms with van der Waals surface area (Å²) >= 11 is 5.84. The molecule has 1 aromatic carbocycles. The predicted molar refractivity (Wildman–Crippen MR) is 67.3 cm³/mol. The first kappa shape index (κ1) is 13.8. The van der Waals surface area contributed by atoms with Gasteiger partial charge in [0.2, 0.25) is 0 Å². The second-order valence-corrected chi connectivity index (χ2v) is 4.25. The van der Waals surface area contributed by atoms with Crippen molar-refractivity contribution < 1.29 is 17.9 Å². The number of hydrogen-bond acceptors (Lipinski definition) is 3. The molecule has 0 bridgehead atoms. The van der Waals surface area contributed by atoms with Crippen molar-refractivity contribution in [2.24, 2.45) is 0 Å². The van der Waals surface area contributed by atoms with Crippen LogP contribution in [0.4, 0.5) is 8.78 Å². The smallest absolute Gasteiger partial charge is 0.387 e. The summed E-state index contributed by atoms with van der Waals surface area (Å²) in [5.41, 5.74) is 0.569. The molecule has 0 saturated carbocycles. The van der Waals surface area contributed by atoms with E-state index >= 15 is 0 Å². The van der Waals surface area contributed by atoms with E-state index in [9.17, 15) is 8.78 Å². The van der Waals surface area contributed by atoms with Gasteiger partial charge in [-0.3, -0.25) is 0 Å². The van der Waals surface area contributed by atoms with Gasteiger partial charge in [0.15, 0.2) is 0 Å². The van der Waals surface area contributed by atoms with Crippen LogP contribution in [0.3, 0.4) is 0 Å². The van der Waals surface area contributed by atoms with Gasteiger partial charge < -0.3 is 14.5 Å². The van der Waals surface area contributed by atoms with E-state index in [1.54, 1.807) is 18.4 Å². The van der Waals surface area contributed by atoms with E-state index in [4.69, 9.17) is 16.0 Å². The zero-order valence-electron chi connectivity index (χ0n) is 9.91. The highest BCUT2D eigenvalue weighted by atomic mass is 35.5. The molecule has 0 atom stereocenters. The van der Waals surface area contributed by atoms with Gasteiger partial charge in [-0.05, 0) is 30.3 Å². The van der Waals surface area contributed by atoms with E-state index in [1.807, 2.05) is 6.07 Å². The van der Waals surface area contributed by atoms with Gasteiger partial charge in [0.1, 0.15) is 11.5 Å². The molecular formula is C13H12ClF2NO2. The summed E-state index contributed by atoms with van der Waals surface area (Å²) in [6.45, 7) is -2.01. The molecule has 0 amide bonds. The maximum Gasteiger partial charge on any atom is 0.387 e. The van der Waals surface area contributed by atoms with Crippen molar-refractivity contribution in [2.45, 2.75) is 19.7 Å². The highest BCUT2D eigenvalue weighted by molar-refractivity contribution is 6.30. The van der Waals surface area contributed by atoms with E-state index in [0.29, 0.717) is 23.7 Å². The molecule has 0 unspecified atom stereocenters. The van der Waals surface area contributed by atoms with Gasteiger partial charge in [-0.2, -0.15) is 8.78 Å². The summed E-state index contributed by atoms with van der Waals surface area (Å²) in [5, 5.41) is 3.54. The largest absolute Gasteiger partial charge is 0.468 e. The third kappa shape index (κ3) is 4.22. The van der Waals surface area contributed by atoms with Gasteiger partial charge in [0.25, 0.3) is 0 Å². The number of halogens is 3. The Morgan fingerprint density at radius 3 is 2.79 bits per heavy atom. The van der Waals surface area contributed by atoms with Crippen LogP contribution in [0.15, 0.2) is 41.0 Å². The fraction of sp³-hybridized carbons (Fsp3) is 0.231. The minimum Gasteiger partial charge on any atom is -0.468 e. The molecule has 0 aliphatic rings. The Morgan fingerprint density at radius 1 is 1.26 bits per heavy atom. The van der Waals surface area contributed by atoms with Crippen molar-refractivity contribution in [3.8, 4) is 5.75 Å². The van der Waals surface area contributed by atoms with E-state index in [-0.39, 0.29) is 5.75 Å². The molecule has 102 valence electrons. The Labute approximate surface area is 114 Å². The van der Waals surface area contributed by atoms with Crippen LogP contribution in [0.2, 0.25) is 5.02 Å². The number of furan rings is 1. The minimum atomic E-state index is -2.86. The summed E-state index contributed by atoms with van der Waals surface area (Å²) in [4.78, 5) is 0. The monoisotopic (exact) mass is 287 g/mol. The molecule has 0 aliphatic carbocycles. The van der Waals surface area contributed by atoms with Crippen LogP contribution in [0.1, 0.15) is 11.3 Å². The first-order chi connectivity index (χ1) is 9.15. The summed E-state index contributed by atoms with van der Waals surface area (Å²) in [6, 6.07) is 8.13. The number of ether oxygens (including phenoxy) is 1. The van der Waals surface area contributed by atoms with Gasteiger partial charge in [0, 0.05) is 17.1 Å². The molecule has 0 radical (unpaired) electrons. The Bertz CT molecular complexity index is 517.